The van der Waals surface area contributed by atoms with Gasteiger partial charge in [0.05, 0.1) is 4.90 Å². The van der Waals surface area contributed by atoms with Crippen molar-refractivity contribution in [3.63, 3.8) is 0 Å². The highest BCUT2D eigenvalue weighted by atomic mass is 32.2. The highest BCUT2D eigenvalue weighted by molar-refractivity contribution is 7.92. The molecule has 0 fully saturated rings. The van der Waals surface area contributed by atoms with Crippen molar-refractivity contribution >= 4 is 21.3 Å². The summed E-state index contributed by atoms with van der Waals surface area (Å²) in [6.07, 6.45) is -0.147. The van der Waals surface area contributed by atoms with Crippen LogP contribution in [0.1, 0.15) is 37.3 Å². The second-order valence-corrected chi connectivity index (χ2v) is 7.47. The second-order valence-electron chi connectivity index (χ2n) is 5.79. The van der Waals surface area contributed by atoms with E-state index in [1.165, 1.54) is 12.1 Å². The lowest BCUT2D eigenvalue weighted by Crippen LogP contribution is -2.13. The summed E-state index contributed by atoms with van der Waals surface area (Å²) in [6.45, 7) is 3.62. The first kappa shape index (κ1) is 19.1. The van der Waals surface area contributed by atoms with Crippen molar-refractivity contribution < 1.29 is 17.2 Å². The Bertz CT molecular complexity index is 858. The van der Waals surface area contributed by atoms with Crippen LogP contribution in [0.4, 0.5) is 14.5 Å². The van der Waals surface area contributed by atoms with Gasteiger partial charge in [0, 0.05) is 11.3 Å². The second kappa shape index (κ2) is 8.25. The minimum atomic E-state index is -3.85. The summed E-state index contributed by atoms with van der Waals surface area (Å²) in [7, 11) is -3.85. The molecule has 0 aliphatic rings. The molecule has 0 bridgehead atoms. The molecule has 25 heavy (non-hydrogen) atoms. The number of anilines is 1. The number of hydrogen-bond donors (Lipinski definition) is 1. The summed E-state index contributed by atoms with van der Waals surface area (Å²) in [4.78, 5) is -0.0350. The molecule has 6 heteroatoms. The first-order valence-electron chi connectivity index (χ1n) is 8.08. The lowest BCUT2D eigenvalue weighted by atomic mass is 9.97. The SMILES string of the molecule is CCCCC(=C(F)F)c1cc(S(=O)(=O)Nc2ccccc2)ccc1C. The minimum absolute atomic E-state index is 0.0350. The van der Waals surface area contributed by atoms with E-state index < -0.39 is 16.1 Å². The first-order valence-corrected chi connectivity index (χ1v) is 9.56. The maximum atomic E-state index is 13.4. The van der Waals surface area contributed by atoms with E-state index in [2.05, 4.69) is 4.72 Å². The lowest BCUT2D eigenvalue weighted by Gasteiger charge is -2.13. The van der Waals surface area contributed by atoms with Crippen molar-refractivity contribution in [3.05, 3.63) is 65.7 Å². The molecule has 0 aliphatic heterocycles. The van der Waals surface area contributed by atoms with Crippen molar-refractivity contribution in [3.8, 4) is 0 Å². The van der Waals surface area contributed by atoms with Crippen LogP contribution in [-0.4, -0.2) is 8.42 Å². The van der Waals surface area contributed by atoms with Gasteiger partial charge in [-0.05, 0) is 55.2 Å². The zero-order valence-corrected chi connectivity index (χ0v) is 15.0. The maximum absolute atomic E-state index is 13.4. The molecule has 0 heterocycles. The summed E-state index contributed by atoms with van der Waals surface area (Å²) in [5.41, 5.74) is 1.24. The zero-order chi connectivity index (χ0) is 18.4. The molecule has 0 spiro atoms. The molecule has 0 amide bonds. The van der Waals surface area contributed by atoms with Gasteiger partial charge < -0.3 is 0 Å². The van der Waals surface area contributed by atoms with Gasteiger partial charge in [0.15, 0.2) is 0 Å². The van der Waals surface area contributed by atoms with Crippen molar-refractivity contribution in [1.82, 2.24) is 0 Å². The van der Waals surface area contributed by atoms with Gasteiger partial charge >= 0.3 is 0 Å². The summed E-state index contributed by atoms with van der Waals surface area (Å²) in [6, 6.07) is 12.8. The topological polar surface area (TPSA) is 46.2 Å². The molecule has 2 aromatic carbocycles. The van der Waals surface area contributed by atoms with Crippen LogP contribution >= 0.6 is 0 Å². The Kier molecular flexibility index (Phi) is 6.31. The van der Waals surface area contributed by atoms with Gasteiger partial charge in [0.25, 0.3) is 16.1 Å². The fourth-order valence-electron chi connectivity index (χ4n) is 2.50. The van der Waals surface area contributed by atoms with Crippen LogP contribution in [0.3, 0.4) is 0 Å². The van der Waals surface area contributed by atoms with Gasteiger partial charge in [0.2, 0.25) is 0 Å². The van der Waals surface area contributed by atoms with Crippen LogP contribution in [-0.2, 0) is 10.0 Å². The van der Waals surface area contributed by atoms with E-state index in [1.807, 2.05) is 6.92 Å². The number of allylic oxidation sites excluding steroid dienone is 1. The molecule has 0 unspecified atom stereocenters. The number of rotatable bonds is 7. The Morgan fingerprint density at radius 1 is 1.08 bits per heavy atom. The Labute approximate surface area is 147 Å². The van der Waals surface area contributed by atoms with Gasteiger partial charge in [-0.15, -0.1) is 0 Å². The molecule has 3 nitrogen and oxygen atoms in total. The van der Waals surface area contributed by atoms with Crippen LogP contribution < -0.4 is 4.72 Å². The number of unbranched alkanes of at least 4 members (excludes halogenated alkanes) is 1. The maximum Gasteiger partial charge on any atom is 0.274 e. The third-order valence-corrected chi connectivity index (χ3v) is 5.26. The fourth-order valence-corrected chi connectivity index (χ4v) is 3.58. The Morgan fingerprint density at radius 3 is 2.36 bits per heavy atom. The standard InChI is InChI=1S/C19H21F2NO2S/c1-3-4-10-17(19(20)21)18-13-16(12-11-14(18)2)25(23,24)22-15-8-6-5-7-9-15/h5-9,11-13,22H,3-4,10H2,1-2H3. The molecular weight excluding hydrogens is 344 g/mol. The molecule has 0 aliphatic carbocycles. The average molecular weight is 365 g/mol. The lowest BCUT2D eigenvalue weighted by molar-refractivity contribution is 0.422. The highest BCUT2D eigenvalue weighted by Crippen LogP contribution is 2.31. The Morgan fingerprint density at radius 2 is 1.76 bits per heavy atom. The smallest absolute Gasteiger partial charge is 0.274 e. The average Bonchev–Trinajstić information content (AvgIpc) is 2.56. The van der Waals surface area contributed by atoms with E-state index in [1.54, 1.807) is 43.3 Å². The van der Waals surface area contributed by atoms with Crippen LogP contribution in [0.2, 0.25) is 0 Å². The normalized spacial score (nSPS) is 11.2. The third kappa shape index (κ3) is 4.89. The molecule has 0 aromatic heterocycles. The van der Waals surface area contributed by atoms with E-state index in [0.29, 0.717) is 17.7 Å². The molecule has 0 saturated heterocycles. The molecule has 134 valence electrons. The van der Waals surface area contributed by atoms with Gasteiger partial charge in [-0.2, -0.15) is 8.78 Å². The predicted molar refractivity (Wildman–Crippen MR) is 97.1 cm³/mol. The number of benzene rings is 2. The molecule has 0 radical (unpaired) electrons. The van der Waals surface area contributed by atoms with Gasteiger partial charge in [-0.25, -0.2) is 8.42 Å². The molecule has 0 saturated carbocycles. The summed E-state index contributed by atoms with van der Waals surface area (Å²) in [5.74, 6) is 0. The number of aryl methyl sites for hydroxylation is 1. The monoisotopic (exact) mass is 365 g/mol. The molecule has 2 rings (SSSR count). The summed E-state index contributed by atoms with van der Waals surface area (Å²) >= 11 is 0. The number of para-hydroxylation sites is 1. The van der Waals surface area contributed by atoms with Gasteiger partial charge in [0.1, 0.15) is 0 Å². The summed E-state index contributed by atoms with van der Waals surface area (Å²) < 4.78 is 54.3. The van der Waals surface area contributed by atoms with Gasteiger partial charge in [-0.3, -0.25) is 4.72 Å². The minimum Gasteiger partial charge on any atom is -0.280 e. The van der Waals surface area contributed by atoms with E-state index in [0.717, 1.165) is 6.42 Å². The molecule has 1 N–H and O–H groups in total. The predicted octanol–water partition coefficient (Wildman–Crippen LogP) is 5.59. The Balaban J connectivity index is 2.42. The zero-order valence-electron chi connectivity index (χ0n) is 14.2. The van der Waals surface area contributed by atoms with E-state index in [-0.39, 0.29) is 22.5 Å². The van der Waals surface area contributed by atoms with Crippen LogP contribution in [0.25, 0.3) is 5.57 Å². The van der Waals surface area contributed by atoms with Crippen molar-refractivity contribution in [2.45, 2.75) is 38.0 Å². The van der Waals surface area contributed by atoms with Crippen LogP contribution in [0, 0.1) is 6.92 Å². The molecule has 2 aromatic rings. The van der Waals surface area contributed by atoms with Crippen molar-refractivity contribution in [2.75, 3.05) is 4.72 Å². The van der Waals surface area contributed by atoms with Crippen molar-refractivity contribution in [2.24, 2.45) is 0 Å². The van der Waals surface area contributed by atoms with Crippen LogP contribution in [0.15, 0.2) is 59.5 Å². The van der Waals surface area contributed by atoms with E-state index >= 15 is 0 Å². The number of sulfonamides is 1. The number of halogens is 2. The quantitative estimate of drug-likeness (QED) is 0.695. The fraction of sp³-hybridized carbons (Fsp3) is 0.263. The van der Waals surface area contributed by atoms with Gasteiger partial charge in [-0.1, -0.05) is 37.6 Å². The van der Waals surface area contributed by atoms with E-state index in [9.17, 15) is 17.2 Å². The Hall–Kier alpha value is -2.21. The third-order valence-electron chi connectivity index (χ3n) is 3.88. The van der Waals surface area contributed by atoms with Crippen molar-refractivity contribution in [1.29, 1.82) is 0 Å². The molecular formula is C19H21F2NO2S. The van der Waals surface area contributed by atoms with E-state index in [4.69, 9.17) is 0 Å². The highest BCUT2D eigenvalue weighted by Gasteiger charge is 2.18. The summed E-state index contributed by atoms with van der Waals surface area (Å²) in [5, 5.41) is 0. The number of nitrogens with one attached hydrogen (secondary N) is 1. The molecule has 0 atom stereocenters. The largest absolute Gasteiger partial charge is 0.280 e. The number of hydrogen-bond acceptors (Lipinski definition) is 2. The first-order chi connectivity index (χ1) is 11.8. The van der Waals surface area contributed by atoms with Crippen LogP contribution in [0.5, 0.6) is 0 Å².